The van der Waals surface area contributed by atoms with Crippen LogP contribution < -0.4 is 4.74 Å². The number of halogens is 3. The Morgan fingerprint density at radius 2 is 2.00 bits per heavy atom. The Bertz CT molecular complexity index is 582. The average Bonchev–Trinajstić information content (AvgIpc) is 2.88. The maximum absolute atomic E-state index is 12.8. The van der Waals surface area contributed by atoms with Crippen LogP contribution in [0.4, 0.5) is 13.2 Å². The van der Waals surface area contributed by atoms with Crippen molar-refractivity contribution in [2.24, 2.45) is 0 Å². The molecule has 1 heterocycles. The summed E-state index contributed by atoms with van der Waals surface area (Å²) in [5, 5.41) is 9.52. The van der Waals surface area contributed by atoms with Gasteiger partial charge in [0.2, 0.25) is 0 Å². The van der Waals surface area contributed by atoms with Crippen LogP contribution in [0.3, 0.4) is 0 Å². The third-order valence-electron chi connectivity index (χ3n) is 2.72. The molecule has 0 aliphatic carbocycles. The molecule has 1 aromatic heterocycles. The van der Waals surface area contributed by atoms with Crippen LogP contribution in [0.25, 0.3) is 5.69 Å². The van der Waals surface area contributed by atoms with Crippen LogP contribution in [0.1, 0.15) is 26.1 Å². The lowest BCUT2D eigenvalue weighted by atomic mass is 10.2. The van der Waals surface area contributed by atoms with E-state index in [1.165, 1.54) is 6.07 Å². The van der Waals surface area contributed by atoms with Gasteiger partial charge in [-0.3, -0.25) is 0 Å². The molecule has 0 spiro atoms. The maximum atomic E-state index is 12.8. The number of hydrogen-bond acceptors (Lipinski definition) is 4. The molecule has 0 amide bonds. The van der Waals surface area contributed by atoms with E-state index in [-0.39, 0.29) is 11.8 Å². The lowest BCUT2D eigenvalue weighted by Crippen LogP contribution is -2.17. The van der Waals surface area contributed by atoms with Crippen LogP contribution in [0.15, 0.2) is 24.3 Å². The van der Waals surface area contributed by atoms with E-state index in [1.54, 1.807) is 18.2 Å². The van der Waals surface area contributed by atoms with E-state index in [2.05, 4.69) is 15.5 Å². The molecule has 1 unspecified atom stereocenters. The van der Waals surface area contributed by atoms with Crippen molar-refractivity contribution in [2.75, 3.05) is 0 Å². The summed E-state index contributed by atoms with van der Waals surface area (Å²) >= 11 is 0. The molecular weight excluding hydrogens is 273 g/mol. The molecule has 0 N–H and O–H groups in total. The van der Waals surface area contributed by atoms with E-state index >= 15 is 0 Å². The first-order valence-corrected chi connectivity index (χ1v) is 6.05. The standard InChI is InChI=1S/C12H13F3N4O/c1-3-8(2)20-10-7-5-4-6-9(10)19-11(12(13,14)15)16-17-18-19/h4-8H,3H2,1-2H3. The largest absolute Gasteiger partial charge is 0.488 e. The van der Waals surface area contributed by atoms with Gasteiger partial charge in [0, 0.05) is 0 Å². The number of benzene rings is 1. The van der Waals surface area contributed by atoms with Gasteiger partial charge in [0.1, 0.15) is 11.4 Å². The Morgan fingerprint density at radius 3 is 2.65 bits per heavy atom. The number of tetrazole rings is 1. The number of aromatic nitrogens is 4. The Morgan fingerprint density at radius 1 is 1.30 bits per heavy atom. The zero-order valence-electron chi connectivity index (χ0n) is 10.9. The first-order chi connectivity index (χ1) is 9.43. The molecular formula is C12H13F3N4O. The van der Waals surface area contributed by atoms with Gasteiger partial charge in [0.05, 0.1) is 6.10 Å². The van der Waals surface area contributed by atoms with E-state index in [4.69, 9.17) is 4.74 Å². The number of rotatable bonds is 4. The van der Waals surface area contributed by atoms with Crippen LogP contribution in [0.5, 0.6) is 5.75 Å². The number of alkyl halides is 3. The molecule has 8 heteroatoms. The Balaban J connectivity index is 2.46. The zero-order valence-corrected chi connectivity index (χ0v) is 10.9. The monoisotopic (exact) mass is 286 g/mol. The molecule has 0 fully saturated rings. The van der Waals surface area contributed by atoms with E-state index in [0.29, 0.717) is 10.4 Å². The Hall–Kier alpha value is -2.12. The fourth-order valence-corrected chi connectivity index (χ4v) is 1.56. The van der Waals surface area contributed by atoms with Gasteiger partial charge in [0.25, 0.3) is 5.82 Å². The molecule has 2 rings (SSSR count). The molecule has 20 heavy (non-hydrogen) atoms. The van der Waals surface area contributed by atoms with Gasteiger partial charge in [-0.1, -0.05) is 19.1 Å². The third-order valence-corrected chi connectivity index (χ3v) is 2.72. The smallest absolute Gasteiger partial charge is 0.453 e. The van der Waals surface area contributed by atoms with E-state index in [1.807, 2.05) is 13.8 Å². The Kier molecular flexibility index (Phi) is 3.91. The lowest BCUT2D eigenvalue weighted by molar-refractivity contribution is -0.146. The summed E-state index contributed by atoms with van der Waals surface area (Å²) in [4.78, 5) is 0. The van der Waals surface area contributed by atoms with Gasteiger partial charge in [-0.25, -0.2) is 0 Å². The molecule has 0 saturated carbocycles. The van der Waals surface area contributed by atoms with Crippen molar-refractivity contribution in [1.82, 2.24) is 20.2 Å². The van der Waals surface area contributed by atoms with E-state index in [0.717, 1.165) is 6.42 Å². The molecule has 5 nitrogen and oxygen atoms in total. The van der Waals surface area contributed by atoms with Crippen LogP contribution >= 0.6 is 0 Å². The molecule has 2 aromatic rings. The van der Waals surface area contributed by atoms with Crippen molar-refractivity contribution in [3.63, 3.8) is 0 Å². The molecule has 108 valence electrons. The quantitative estimate of drug-likeness (QED) is 0.867. The van der Waals surface area contributed by atoms with E-state index < -0.39 is 12.0 Å². The molecule has 0 aliphatic heterocycles. The predicted molar refractivity (Wildman–Crippen MR) is 64.5 cm³/mol. The van der Waals surface area contributed by atoms with Crippen molar-refractivity contribution >= 4 is 0 Å². The predicted octanol–water partition coefficient (Wildman–Crippen LogP) is 2.86. The number of ether oxygens (including phenoxy) is 1. The summed E-state index contributed by atoms with van der Waals surface area (Å²) in [6.07, 6.45) is -4.02. The second-order valence-corrected chi connectivity index (χ2v) is 4.22. The third kappa shape index (κ3) is 2.89. The van der Waals surface area contributed by atoms with Crippen molar-refractivity contribution in [3.05, 3.63) is 30.1 Å². The first-order valence-electron chi connectivity index (χ1n) is 6.05. The fraction of sp³-hybridized carbons (Fsp3) is 0.417. The van der Waals surface area contributed by atoms with E-state index in [9.17, 15) is 13.2 Å². The summed E-state index contributed by atoms with van der Waals surface area (Å²) in [5.74, 6) is -0.877. The number of nitrogens with zero attached hydrogens (tertiary/aromatic N) is 4. The summed E-state index contributed by atoms with van der Waals surface area (Å²) < 4.78 is 44.7. The van der Waals surface area contributed by atoms with Crippen molar-refractivity contribution in [2.45, 2.75) is 32.5 Å². The molecule has 1 aromatic carbocycles. The zero-order chi connectivity index (χ0) is 14.8. The minimum Gasteiger partial charge on any atom is -0.488 e. The summed E-state index contributed by atoms with van der Waals surface area (Å²) in [6.45, 7) is 3.76. The van der Waals surface area contributed by atoms with Gasteiger partial charge < -0.3 is 4.74 Å². The summed E-state index contributed by atoms with van der Waals surface area (Å²) in [5.41, 5.74) is 0.158. The number of hydrogen-bond donors (Lipinski definition) is 0. The molecule has 0 bridgehead atoms. The van der Waals surface area contributed by atoms with Crippen molar-refractivity contribution in [3.8, 4) is 11.4 Å². The SMILES string of the molecule is CCC(C)Oc1ccccc1-n1nnnc1C(F)(F)F. The van der Waals surface area contributed by atoms with Crippen molar-refractivity contribution in [1.29, 1.82) is 0 Å². The highest BCUT2D eigenvalue weighted by Crippen LogP contribution is 2.31. The molecule has 1 atom stereocenters. The minimum absolute atomic E-state index is 0.123. The van der Waals surface area contributed by atoms with Gasteiger partial charge in [-0.05, 0) is 35.9 Å². The summed E-state index contributed by atoms with van der Waals surface area (Å²) in [6, 6.07) is 6.34. The van der Waals surface area contributed by atoms with Gasteiger partial charge in [-0.15, -0.1) is 5.10 Å². The molecule has 0 saturated heterocycles. The fourth-order valence-electron chi connectivity index (χ4n) is 1.56. The first kappa shape index (κ1) is 14.3. The van der Waals surface area contributed by atoms with Gasteiger partial charge in [0.15, 0.2) is 0 Å². The highest BCUT2D eigenvalue weighted by atomic mass is 19.4. The normalized spacial score (nSPS) is 13.2. The van der Waals surface area contributed by atoms with Gasteiger partial charge >= 0.3 is 6.18 Å². The maximum Gasteiger partial charge on any atom is 0.453 e. The second-order valence-electron chi connectivity index (χ2n) is 4.22. The van der Waals surface area contributed by atoms with Gasteiger partial charge in [-0.2, -0.15) is 17.9 Å². The second kappa shape index (κ2) is 5.48. The molecule has 0 aliphatic rings. The van der Waals surface area contributed by atoms with Crippen LogP contribution in [-0.2, 0) is 6.18 Å². The minimum atomic E-state index is -4.63. The average molecular weight is 286 g/mol. The topological polar surface area (TPSA) is 52.8 Å². The van der Waals surface area contributed by atoms with Crippen LogP contribution in [0, 0.1) is 0 Å². The highest BCUT2D eigenvalue weighted by Gasteiger charge is 2.39. The molecule has 0 radical (unpaired) electrons. The van der Waals surface area contributed by atoms with Crippen LogP contribution in [0.2, 0.25) is 0 Å². The Labute approximate surface area is 113 Å². The summed E-state index contributed by atoms with van der Waals surface area (Å²) in [7, 11) is 0. The van der Waals surface area contributed by atoms with Crippen LogP contribution in [-0.4, -0.2) is 26.3 Å². The highest BCUT2D eigenvalue weighted by molar-refractivity contribution is 5.46. The lowest BCUT2D eigenvalue weighted by Gasteiger charge is -2.16. The number of para-hydroxylation sites is 2. The van der Waals surface area contributed by atoms with Crippen molar-refractivity contribution < 1.29 is 17.9 Å².